The van der Waals surface area contributed by atoms with Crippen LogP contribution < -0.4 is 5.73 Å². The number of hydrogen-bond acceptors (Lipinski definition) is 2. The van der Waals surface area contributed by atoms with Crippen molar-refractivity contribution in [2.75, 3.05) is 0 Å². The molecule has 0 radical (unpaired) electrons. The highest BCUT2D eigenvalue weighted by atomic mass is 35.5. The molecular formula is C16H28ClN3. The molecule has 1 fully saturated rings. The van der Waals surface area contributed by atoms with Gasteiger partial charge in [-0.1, -0.05) is 38.3 Å². The number of rotatable bonds is 4. The van der Waals surface area contributed by atoms with E-state index < -0.39 is 0 Å². The summed E-state index contributed by atoms with van der Waals surface area (Å²) in [5.74, 6) is 1.46. The van der Waals surface area contributed by atoms with E-state index in [4.69, 9.17) is 17.3 Å². The molecule has 0 aromatic carbocycles. The Morgan fingerprint density at radius 3 is 2.80 bits per heavy atom. The summed E-state index contributed by atoms with van der Waals surface area (Å²) in [5.41, 5.74) is 8.65. The number of nitrogens with zero attached hydrogens (tertiary/aromatic N) is 2. The smallest absolute Gasteiger partial charge is 0.0847 e. The van der Waals surface area contributed by atoms with Gasteiger partial charge in [0.25, 0.3) is 0 Å². The molecule has 2 N–H and O–H groups in total. The van der Waals surface area contributed by atoms with E-state index in [1.54, 1.807) is 0 Å². The van der Waals surface area contributed by atoms with Gasteiger partial charge in [-0.3, -0.25) is 4.68 Å². The lowest BCUT2D eigenvalue weighted by Gasteiger charge is -2.40. The minimum atomic E-state index is -0.115. The monoisotopic (exact) mass is 297 g/mol. The third kappa shape index (κ3) is 3.20. The van der Waals surface area contributed by atoms with Crippen LogP contribution in [0.4, 0.5) is 0 Å². The van der Waals surface area contributed by atoms with Crippen molar-refractivity contribution in [1.82, 2.24) is 9.78 Å². The maximum atomic E-state index is 6.72. The van der Waals surface area contributed by atoms with Crippen molar-refractivity contribution >= 4 is 11.6 Å². The van der Waals surface area contributed by atoms with E-state index in [1.807, 2.05) is 11.6 Å². The van der Waals surface area contributed by atoms with Crippen molar-refractivity contribution in [2.45, 2.75) is 71.9 Å². The van der Waals surface area contributed by atoms with Crippen LogP contribution >= 0.6 is 11.6 Å². The summed E-state index contributed by atoms with van der Waals surface area (Å²) in [5, 5.41) is 5.32. The first-order chi connectivity index (χ1) is 9.36. The van der Waals surface area contributed by atoms with E-state index in [0.29, 0.717) is 5.92 Å². The molecule has 4 heteroatoms. The molecule has 1 saturated carbocycles. The zero-order chi connectivity index (χ0) is 14.9. The fourth-order valence-corrected chi connectivity index (χ4v) is 3.75. The molecule has 0 amide bonds. The van der Waals surface area contributed by atoms with Crippen LogP contribution in [-0.4, -0.2) is 15.3 Å². The first-order valence-corrected chi connectivity index (χ1v) is 8.24. The van der Waals surface area contributed by atoms with Crippen LogP contribution in [0.1, 0.15) is 57.8 Å². The fourth-order valence-electron chi connectivity index (χ4n) is 3.54. The van der Waals surface area contributed by atoms with Crippen molar-refractivity contribution in [3.05, 3.63) is 16.4 Å². The van der Waals surface area contributed by atoms with Gasteiger partial charge in [-0.25, -0.2) is 0 Å². The van der Waals surface area contributed by atoms with Crippen LogP contribution in [-0.2, 0) is 13.0 Å². The van der Waals surface area contributed by atoms with Crippen LogP contribution in [0.5, 0.6) is 0 Å². The maximum Gasteiger partial charge on any atom is 0.0847 e. The van der Waals surface area contributed by atoms with Gasteiger partial charge in [0, 0.05) is 18.5 Å². The Bertz CT molecular complexity index is 467. The standard InChI is InChI=1S/C16H28ClN3/c1-5-20-14(15(17)12(4)19-20)10-16(18)8-6-7-13(9-16)11(2)3/h11,13H,5-10,18H2,1-4H3. The molecule has 114 valence electrons. The Morgan fingerprint density at radius 2 is 2.20 bits per heavy atom. The molecule has 0 saturated heterocycles. The molecule has 2 atom stereocenters. The van der Waals surface area contributed by atoms with Crippen LogP contribution in [0.2, 0.25) is 5.02 Å². The SMILES string of the molecule is CCn1nc(C)c(Cl)c1CC1(N)CCCC(C(C)C)C1. The fraction of sp³-hybridized carbons (Fsp3) is 0.812. The normalized spacial score (nSPS) is 27.2. The van der Waals surface area contributed by atoms with Gasteiger partial charge in [0.1, 0.15) is 0 Å². The van der Waals surface area contributed by atoms with Gasteiger partial charge in [-0.05, 0) is 38.5 Å². The molecule has 1 aromatic rings. The minimum Gasteiger partial charge on any atom is -0.325 e. The molecule has 1 aromatic heterocycles. The second kappa shape index (κ2) is 6.07. The third-order valence-electron chi connectivity index (χ3n) is 4.83. The topological polar surface area (TPSA) is 43.8 Å². The summed E-state index contributed by atoms with van der Waals surface area (Å²) in [6.07, 6.45) is 5.60. The average molecular weight is 298 g/mol. The lowest BCUT2D eigenvalue weighted by Crippen LogP contribution is -2.47. The van der Waals surface area contributed by atoms with E-state index in [0.717, 1.165) is 48.1 Å². The third-order valence-corrected chi connectivity index (χ3v) is 5.33. The van der Waals surface area contributed by atoms with E-state index in [1.165, 1.54) is 12.8 Å². The Morgan fingerprint density at radius 1 is 1.50 bits per heavy atom. The van der Waals surface area contributed by atoms with E-state index >= 15 is 0 Å². The largest absolute Gasteiger partial charge is 0.325 e. The Labute approximate surface area is 127 Å². The van der Waals surface area contributed by atoms with Crippen LogP contribution in [0.15, 0.2) is 0 Å². The van der Waals surface area contributed by atoms with Crippen LogP contribution in [0, 0.1) is 18.8 Å². The quantitative estimate of drug-likeness (QED) is 0.914. The zero-order valence-electron chi connectivity index (χ0n) is 13.2. The Hall–Kier alpha value is -0.540. The Kier molecular flexibility index (Phi) is 4.80. The number of aryl methyl sites for hydroxylation is 2. The summed E-state index contributed by atoms with van der Waals surface area (Å²) in [6, 6.07) is 0. The number of halogens is 1. The van der Waals surface area contributed by atoms with Gasteiger partial charge < -0.3 is 5.73 Å². The van der Waals surface area contributed by atoms with Gasteiger partial charge in [-0.2, -0.15) is 5.10 Å². The predicted molar refractivity (Wildman–Crippen MR) is 85.1 cm³/mol. The second-order valence-electron chi connectivity index (χ2n) is 6.80. The highest BCUT2D eigenvalue weighted by Crippen LogP contribution is 2.38. The first kappa shape index (κ1) is 15.8. The molecule has 2 unspecified atom stereocenters. The molecule has 1 heterocycles. The molecule has 0 aliphatic heterocycles. The zero-order valence-corrected chi connectivity index (χ0v) is 14.0. The average Bonchev–Trinajstić information content (AvgIpc) is 2.66. The second-order valence-corrected chi connectivity index (χ2v) is 7.18. The van der Waals surface area contributed by atoms with Crippen molar-refractivity contribution in [2.24, 2.45) is 17.6 Å². The van der Waals surface area contributed by atoms with Crippen molar-refractivity contribution < 1.29 is 0 Å². The number of nitrogens with two attached hydrogens (primary N) is 1. The first-order valence-electron chi connectivity index (χ1n) is 7.87. The summed E-state index contributed by atoms with van der Waals surface area (Å²) in [7, 11) is 0. The molecule has 1 aliphatic rings. The molecule has 1 aliphatic carbocycles. The maximum absolute atomic E-state index is 6.72. The number of hydrogen-bond donors (Lipinski definition) is 1. The summed E-state index contributed by atoms with van der Waals surface area (Å²) >= 11 is 6.43. The molecular weight excluding hydrogens is 270 g/mol. The van der Waals surface area contributed by atoms with Gasteiger partial charge in [0.2, 0.25) is 0 Å². The van der Waals surface area contributed by atoms with Crippen LogP contribution in [0.25, 0.3) is 0 Å². The van der Waals surface area contributed by atoms with Gasteiger partial charge in [0.15, 0.2) is 0 Å². The van der Waals surface area contributed by atoms with Gasteiger partial charge >= 0.3 is 0 Å². The number of aromatic nitrogens is 2. The predicted octanol–water partition coefficient (Wildman–Crippen LogP) is 3.95. The molecule has 3 nitrogen and oxygen atoms in total. The highest BCUT2D eigenvalue weighted by Gasteiger charge is 2.35. The van der Waals surface area contributed by atoms with E-state index in [-0.39, 0.29) is 5.54 Å². The van der Waals surface area contributed by atoms with Crippen molar-refractivity contribution in [3.8, 4) is 0 Å². The van der Waals surface area contributed by atoms with E-state index in [2.05, 4.69) is 25.9 Å². The van der Waals surface area contributed by atoms with Gasteiger partial charge in [0.05, 0.1) is 16.4 Å². The summed E-state index contributed by atoms with van der Waals surface area (Å²) in [4.78, 5) is 0. The van der Waals surface area contributed by atoms with Crippen LogP contribution in [0.3, 0.4) is 0 Å². The summed E-state index contributed by atoms with van der Waals surface area (Å²) < 4.78 is 2.02. The van der Waals surface area contributed by atoms with Gasteiger partial charge in [-0.15, -0.1) is 0 Å². The molecule has 0 spiro atoms. The molecule has 0 bridgehead atoms. The summed E-state index contributed by atoms with van der Waals surface area (Å²) in [6.45, 7) is 9.55. The minimum absolute atomic E-state index is 0.115. The highest BCUT2D eigenvalue weighted by molar-refractivity contribution is 6.31. The van der Waals surface area contributed by atoms with Crippen molar-refractivity contribution in [3.63, 3.8) is 0 Å². The lowest BCUT2D eigenvalue weighted by atomic mass is 9.70. The van der Waals surface area contributed by atoms with E-state index in [9.17, 15) is 0 Å². The molecule has 20 heavy (non-hydrogen) atoms. The lowest BCUT2D eigenvalue weighted by molar-refractivity contribution is 0.180. The Balaban J connectivity index is 2.20. The molecule has 2 rings (SSSR count). The van der Waals surface area contributed by atoms with Crippen molar-refractivity contribution in [1.29, 1.82) is 0 Å².